The molecule has 1 aromatic heterocycles. The zero-order chi connectivity index (χ0) is 15.5. The van der Waals surface area contributed by atoms with E-state index in [2.05, 4.69) is 25.4 Å². The first-order valence-electron chi connectivity index (χ1n) is 7.29. The van der Waals surface area contributed by atoms with E-state index in [1.54, 1.807) is 12.1 Å². The van der Waals surface area contributed by atoms with Crippen LogP contribution < -0.4 is 5.32 Å². The van der Waals surface area contributed by atoms with E-state index >= 15 is 0 Å². The van der Waals surface area contributed by atoms with E-state index in [1.165, 1.54) is 6.33 Å². The van der Waals surface area contributed by atoms with Crippen molar-refractivity contribution in [1.82, 2.24) is 20.1 Å². The van der Waals surface area contributed by atoms with Crippen LogP contribution in [0.1, 0.15) is 25.1 Å². The number of aromatic nitrogens is 3. The highest BCUT2D eigenvalue weighted by atomic mass is 35.5. The number of carbonyl (C=O) groups excluding carboxylic acids is 1. The predicted molar refractivity (Wildman–Crippen MR) is 84.9 cm³/mol. The number of H-pyrrole nitrogens is 1. The Morgan fingerprint density at radius 3 is 3.14 bits per heavy atom. The summed E-state index contributed by atoms with van der Waals surface area (Å²) in [6.45, 7) is 3.59. The quantitative estimate of drug-likeness (QED) is 0.906. The van der Waals surface area contributed by atoms with Crippen LogP contribution in [0.3, 0.4) is 0 Å². The van der Waals surface area contributed by atoms with Gasteiger partial charge in [0.1, 0.15) is 12.2 Å². The molecule has 3 rings (SSSR count). The summed E-state index contributed by atoms with van der Waals surface area (Å²) in [7, 11) is 0. The van der Waals surface area contributed by atoms with Crippen molar-refractivity contribution < 1.29 is 4.79 Å². The smallest absolute Gasteiger partial charge is 0.241 e. The van der Waals surface area contributed by atoms with Crippen molar-refractivity contribution in [2.24, 2.45) is 0 Å². The van der Waals surface area contributed by atoms with Crippen molar-refractivity contribution in [3.05, 3.63) is 41.4 Å². The maximum Gasteiger partial charge on any atom is 0.241 e. The molecule has 0 aliphatic carbocycles. The fourth-order valence-electron chi connectivity index (χ4n) is 2.75. The molecule has 1 fully saturated rings. The first-order chi connectivity index (χ1) is 10.6. The maximum absolute atomic E-state index is 12.4. The summed E-state index contributed by atoms with van der Waals surface area (Å²) < 4.78 is 0. The van der Waals surface area contributed by atoms with Crippen LogP contribution in [-0.2, 0) is 4.79 Å². The van der Waals surface area contributed by atoms with E-state index in [9.17, 15) is 4.79 Å². The molecule has 116 valence electrons. The summed E-state index contributed by atoms with van der Waals surface area (Å²) >= 11 is 5.93. The van der Waals surface area contributed by atoms with Gasteiger partial charge in [-0.25, -0.2) is 4.98 Å². The van der Waals surface area contributed by atoms with Crippen molar-refractivity contribution in [2.45, 2.75) is 25.3 Å². The maximum atomic E-state index is 12.4. The first-order valence-corrected chi connectivity index (χ1v) is 7.67. The van der Waals surface area contributed by atoms with Gasteiger partial charge in [0.25, 0.3) is 0 Å². The fourth-order valence-corrected chi connectivity index (χ4v) is 2.94. The number of benzene rings is 1. The Morgan fingerprint density at radius 2 is 2.41 bits per heavy atom. The summed E-state index contributed by atoms with van der Waals surface area (Å²) in [5, 5.41) is 10.3. The predicted octanol–water partition coefficient (Wildman–Crippen LogP) is 2.27. The van der Waals surface area contributed by atoms with Gasteiger partial charge in [0.05, 0.1) is 6.04 Å². The van der Waals surface area contributed by atoms with Crippen LogP contribution in [0.5, 0.6) is 0 Å². The zero-order valence-electron chi connectivity index (χ0n) is 12.3. The summed E-state index contributed by atoms with van der Waals surface area (Å²) in [5.41, 5.74) is 0.718. The normalized spacial score (nSPS) is 20.0. The number of likely N-dealkylation sites (tertiary alicyclic amines) is 1. The van der Waals surface area contributed by atoms with Gasteiger partial charge in [-0.1, -0.05) is 17.7 Å². The molecule has 0 radical (unpaired) electrons. The van der Waals surface area contributed by atoms with Gasteiger partial charge in [-0.05, 0) is 38.1 Å². The lowest BCUT2D eigenvalue weighted by Crippen LogP contribution is -2.40. The molecule has 22 heavy (non-hydrogen) atoms. The first kappa shape index (κ1) is 15.0. The second-order valence-corrected chi connectivity index (χ2v) is 5.96. The van der Waals surface area contributed by atoms with E-state index in [1.807, 2.05) is 19.1 Å². The average Bonchev–Trinajstić information content (AvgIpc) is 3.17. The fraction of sp³-hybridized carbons (Fsp3) is 0.400. The van der Waals surface area contributed by atoms with Crippen molar-refractivity contribution in [3.8, 4) is 0 Å². The van der Waals surface area contributed by atoms with E-state index in [-0.39, 0.29) is 11.9 Å². The summed E-state index contributed by atoms with van der Waals surface area (Å²) in [6, 6.07) is 6.97. The number of anilines is 1. The van der Waals surface area contributed by atoms with E-state index < -0.39 is 0 Å². The third-order valence-corrected chi connectivity index (χ3v) is 4.29. The number of nitrogens with zero attached hydrogens (tertiary/aromatic N) is 3. The SMILES string of the molecule is C[C@@H](C(=O)Nc1cccc(Cl)c1)N1CC[C@H](c2ncn[nH]2)C1. The largest absolute Gasteiger partial charge is 0.325 e. The topological polar surface area (TPSA) is 73.9 Å². The second kappa shape index (κ2) is 6.46. The Kier molecular flexibility index (Phi) is 4.40. The average molecular weight is 320 g/mol. The number of nitrogens with one attached hydrogen (secondary N) is 2. The third kappa shape index (κ3) is 3.28. The molecule has 1 aliphatic heterocycles. The molecule has 1 aromatic carbocycles. The molecular formula is C15H18ClN5O. The number of aromatic amines is 1. The Bertz CT molecular complexity index is 645. The number of hydrogen-bond donors (Lipinski definition) is 2. The van der Waals surface area contributed by atoms with Gasteiger partial charge in [0, 0.05) is 23.2 Å². The summed E-state index contributed by atoms with van der Waals surface area (Å²) in [5.74, 6) is 1.18. The molecule has 1 aliphatic rings. The molecular weight excluding hydrogens is 302 g/mol. The minimum atomic E-state index is -0.202. The highest BCUT2D eigenvalue weighted by molar-refractivity contribution is 6.30. The Hall–Kier alpha value is -1.92. The molecule has 0 unspecified atom stereocenters. The van der Waals surface area contributed by atoms with Gasteiger partial charge in [0.15, 0.2) is 0 Å². The molecule has 2 heterocycles. The summed E-state index contributed by atoms with van der Waals surface area (Å²) in [6.07, 6.45) is 2.50. The lowest BCUT2D eigenvalue weighted by Gasteiger charge is -2.23. The molecule has 2 aromatic rings. The van der Waals surface area contributed by atoms with Crippen molar-refractivity contribution >= 4 is 23.2 Å². The van der Waals surface area contributed by atoms with Crippen LogP contribution in [-0.4, -0.2) is 45.1 Å². The monoisotopic (exact) mass is 319 g/mol. The Balaban J connectivity index is 1.59. The zero-order valence-corrected chi connectivity index (χ0v) is 13.0. The third-order valence-electron chi connectivity index (χ3n) is 4.06. The molecule has 2 N–H and O–H groups in total. The van der Waals surface area contributed by atoms with Gasteiger partial charge in [-0.3, -0.25) is 14.8 Å². The minimum Gasteiger partial charge on any atom is -0.325 e. The highest BCUT2D eigenvalue weighted by Crippen LogP contribution is 2.26. The van der Waals surface area contributed by atoms with Gasteiger partial charge >= 0.3 is 0 Å². The summed E-state index contributed by atoms with van der Waals surface area (Å²) in [4.78, 5) is 18.7. The van der Waals surface area contributed by atoms with E-state index in [4.69, 9.17) is 11.6 Å². The van der Waals surface area contributed by atoms with Gasteiger partial charge in [0.2, 0.25) is 5.91 Å². The minimum absolute atomic E-state index is 0.0273. The lowest BCUT2D eigenvalue weighted by molar-refractivity contribution is -0.120. The van der Waals surface area contributed by atoms with E-state index in [0.717, 1.165) is 31.0 Å². The molecule has 0 spiro atoms. The van der Waals surface area contributed by atoms with Crippen LogP contribution in [0.15, 0.2) is 30.6 Å². The Morgan fingerprint density at radius 1 is 1.55 bits per heavy atom. The number of halogens is 1. The molecule has 7 heteroatoms. The Labute approximate surface area is 133 Å². The molecule has 1 amide bonds. The molecule has 6 nitrogen and oxygen atoms in total. The molecule has 0 saturated carbocycles. The molecule has 0 bridgehead atoms. The van der Waals surface area contributed by atoms with Crippen LogP contribution in [0, 0.1) is 0 Å². The van der Waals surface area contributed by atoms with E-state index in [0.29, 0.717) is 10.9 Å². The van der Waals surface area contributed by atoms with Gasteiger partial charge < -0.3 is 5.32 Å². The van der Waals surface area contributed by atoms with Crippen molar-refractivity contribution in [3.63, 3.8) is 0 Å². The number of carbonyl (C=O) groups is 1. The molecule has 2 atom stereocenters. The standard InChI is InChI=1S/C15H18ClN5O/c1-10(15(22)19-13-4-2-3-12(16)7-13)21-6-5-11(8-21)14-17-9-18-20-14/h2-4,7,9-11H,5-6,8H2,1H3,(H,19,22)(H,17,18,20)/t10-,11-/m0/s1. The van der Waals surface area contributed by atoms with Crippen molar-refractivity contribution in [2.75, 3.05) is 18.4 Å². The van der Waals surface area contributed by atoms with Crippen molar-refractivity contribution in [1.29, 1.82) is 0 Å². The van der Waals surface area contributed by atoms with Gasteiger partial charge in [-0.15, -0.1) is 0 Å². The molecule has 1 saturated heterocycles. The number of amides is 1. The van der Waals surface area contributed by atoms with Crippen LogP contribution in [0.4, 0.5) is 5.69 Å². The van der Waals surface area contributed by atoms with Crippen LogP contribution in [0.25, 0.3) is 0 Å². The number of hydrogen-bond acceptors (Lipinski definition) is 4. The number of rotatable bonds is 4. The second-order valence-electron chi connectivity index (χ2n) is 5.53. The van der Waals surface area contributed by atoms with Crippen LogP contribution in [0.2, 0.25) is 5.02 Å². The van der Waals surface area contributed by atoms with Gasteiger partial charge in [-0.2, -0.15) is 5.10 Å². The highest BCUT2D eigenvalue weighted by Gasteiger charge is 2.31. The van der Waals surface area contributed by atoms with Crippen LogP contribution >= 0.6 is 11.6 Å². The lowest BCUT2D eigenvalue weighted by atomic mass is 10.1.